The first-order valence-corrected chi connectivity index (χ1v) is 9.30. The van der Waals surface area contributed by atoms with Crippen molar-refractivity contribution in [3.63, 3.8) is 0 Å². The fourth-order valence-electron chi connectivity index (χ4n) is 3.02. The molecule has 132 valence electrons. The van der Waals surface area contributed by atoms with Crippen LogP contribution in [0, 0.1) is 0 Å². The van der Waals surface area contributed by atoms with E-state index in [2.05, 4.69) is 4.72 Å². The number of hydrogen-bond acceptors (Lipinski definition) is 5. The SMILES string of the molecule is CCOC(=O)c1ccc2c(c1)[C@@](C)(c1cccc(OC)c1)NS2(=O)=O. The van der Waals surface area contributed by atoms with Crippen LogP contribution in [-0.2, 0) is 20.3 Å². The lowest BCUT2D eigenvalue weighted by Crippen LogP contribution is -2.37. The van der Waals surface area contributed by atoms with Gasteiger partial charge in [0.1, 0.15) is 5.75 Å². The van der Waals surface area contributed by atoms with Crippen molar-refractivity contribution in [2.45, 2.75) is 24.3 Å². The molecule has 0 fully saturated rings. The summed E-state index contributed by atoms with van der Waals surface area (Å²) in [6, 6.07) is 11.6. The third-order valence-electron chi connectivity index (χ3n) is 4.30. The number of methoxy groups -OCH3 is 1. The highest BCUT2D eigenvalue weighted by Gasteiger charge is 2.45. The third kappa shape index (κ3) is 2.89. The van der Waals surface area contributed by atoms with Gasteiger partial charge >= 0.3 is 5.97 Å². The van der Waals surface area contributed by atoms with E-state index in [1.54, 1.807) is 45.2 Å². The number of rotatable bonds is 4. The molecule has 0 bridgehead atoms. The predicted octanol–water partition coefficient (Wildman–Crippen LogP) is 2.43. The number of carbonyl (C=O) groups is 1. The molecular formula is C18H19NO5S. The van der Waals surface area contributed by atoms with E-state index in [-0.39, 0.29) is 11.5 Å². The smallest absolute Gasteiger partial charge is 0.338 e. The molecule has 2 aromatic carbocycles. The van der Waals surface area contributed by atoms with Crippen LogP contribution in [0.5, 0.6) is 5.75 Å². The normalized spacial score (nSPS) is 20.8. The van der Waals surface area contributed by atoms with Crippen LogP contribution < -0.4 is 9.46 Å². The number of carbonyl (C=O) groups excluding carboxylic acids is 1. The fourth-order valence-corrected chi connectivity index (χ4v) is 4.70. The first-order valence-electron chi connectivity index (χ1n) is 7.82. The molecule has 6 nitrogen and oxygen atoms in total. The Morgan fingerprint density at radius 2 is 1.96 bits per heavy atom. The van der Waals surface area contributed by atoms with Gasteiger partial charge in [-0.15, -0.1) is 0 Å². The van der Waals surface area contributed by atoms with Crippen molar-refractivity contribution in [2.24, 2.45) is 0 Å². The van der Waals surface area contributed by atoms with Crippen molar-refractivity contribution in [1.29, 1.82) is 0 Å². The van der Waals surface area contributed by atoms with Gasteiger partial charge in [0.05, 0.1) is 29.7 Å². The van der Waals surface area contributed by atoms with E-state index in [1.807, 2.05) is 6.07 Å². The molecule has 1 heterocycles. The zero-order valence-corrected chi connectivity index (χ0v) is 15.0. The Balaban J connectivity index is 2.19. The Bertz CT molecular complexity index is 938. The minimum atomic E-state index is -3.68. The van der Waals surface area contributed by atoms with Gasteiger partial charge in [0.2, 0.25) is 10.0 Å². The molecule has 3 rings (SSSR count). The second-order valence-electron chi connectivity index (χ2n) is 5.89. The molecule has 1 atom stereocenters. The molecule has 0 aromatic heterocycles. The van der Waals surface area contributed by atoms with Gasteiger partial charge in [-0.05, 0) is 55.3 Å². The molecule has 0 amide bonds. The monoisotopic (exact) mass is 361 g/mol. The number of nitrogens with one attached hydrogen (secondary N) is 1. The maximum absolute atomic E-state index is 12.5. The highest BCUT2D eigenvalue weighted by Crippen LogP contribution is 2.41. The Hall–Kier alpha value is -2.38. The molecule has 7 heteroatoms. The summed E-state index contributed by atoms with van der Waals surface area (Å²) in [7, 11) is -2.13. The molecule has 0 aliphatic carbocycles. The van der Waals surface area contributed by atoms with Crippen molar-refractivity contribution in [3.05, 3.63) is 59.2 Å². The minimum absolute atomic E-state index is 0.158. The predicted molar refractivity (Wildman–Crippen MR) is 92.2 cm³/mol. The Morgan fingerprint density at radius 3 is 2.64 bits per heavy atom. The molecule has 0 unspecified atom stereocenters. The molecular weight excluding hydrogens is 342 g/mol. The summed E-state index contributed by atoms with van der Waals surface area (Å²) in [6.07, 6.45) is 0. The van der Waals surface area contributed by atoms with Crippen LogP contribution in [0.1, 0.15) is 35.3 Å². The molecule has 25 heavy (non-hydrogen) atoms. The Morgan fingerprint density at radius 1 is 1.20 bits per heavy atom. The maximum Gasteiger partial charge on any atom is 0.338 e. The number of ether oxygens (including phenoxy) is 2. The first-order chi connectivity index (χ1) is 11.8. The van der Waals surface area contributed by atoms with E-state index in [0.717, 1.165) is 5.56 Å². The quantitative estimate of drug-likeness (QED) is 0.846. The van der Waals surface area contributed by atoms with Crippen LogP contribution in [-0.4, -0.2) is 28.1 Å². The van der Waals surface area contributed by atoms with E-state index >= 15 is 0 Å². The van der Waals surface area contributed by atoms with Crippen molar-refractivity contribution >= 4 is 16.0 Å². The maximum atomic E-state index is 12.5. The van der Waals surface area contributed by atoms with Crippen molar-refractivity contribution in [1.82, 2.24) is 4.72 Å². The van der Waals surface area contributed by atoms with E-state index in [1.165, 1.54) is 12.1 Å². The van der Waals surface area contributed by atoms with Gasteiger partial charge in [-0.3, -0.25) is 0 Å². The standard InChI is InChI=1S/C18H19NO5S/c1-4-24-17(20)12-8-9-16-15(10-12)18(2,19-25(16,21)22)13-6-5-7-14(11-13)23-3/h5-11,19H,4H2,1-3H3/t18-/m1/s1. The summed E-state index contributed by atoms with van der Waals surface area (Å²) in [5.74, 6) is 0.135. The summed E-state index contributed by atoms with van der Waals surface area (Å²) in [6.45, 7) is 3.73. The lowest BCUT2D eigenvalue weighted by molar-refractivity contribution is 0.0526. The first kappa shape index (κ1) is 17.4. The summed E-state index contributed by atoms with van der Waals surface area (Å²) < 4.78 is 38.1. The lowest BCUT2D eigenvalue weighted by atomic mass is 9.85. The average Bonchev–Trinajstić information content (AvgIpc) is 2.82. The fraction of sp³-hybridized carbons (Fsp3) is 0.278. The number of esters is 1. The van der Waals surface area contributed by atoms with E-state index in [0.29, 0.717) is 16.9 Å². The molecule has 1 aliphatic rings. The highest BCUT2D eigenvalue weighted by atomic mass is 32.2. The van der Waals surface area contributed by atoms with Gasteiger partial charge in [-0.1, -0.05) is 12.1 Å². The molecule has 0 spiro atoms. The number of hydrogen-bond donors (Lipinski definition) is 1. The lowest BCUT2D eigenvalue weighted by Gasteiger charge is -2.25. The topological polar surface area (TPSA) is 81.7 Å². The van der Waals surface area contributed by atoms with Crippen molar-refractivity contribution in [3.8, 4) is 5.75 Å². The van der Waals surface area contributed by atoms with Gasteiger partial charge < -0.3 is 9.47 Å². The molecule has 2 aromatic rings. The van der Waals surface area contributed by atoms with Gasteiger partial charge in [0.25, 0.3) is 0 Å². The summed E-state index contributed by atoms with van der Waals surface area (Å²) >= 11 is 0. The average molecular weight is 361 g/mol. The van der Waals surface area contributed by atoms with E-state index in [9.17, 15) is 13.2 Å². The van der Waals surface area contributed by atoms with Crippen LogP contribution in [0.15, 0.2) is 47.4 Å². The van der Waals surface area contributed by atoms with Crippen LogP contribution in [0.25, 0.3) is 0 Å². The van der Waals surface area contributed by atoms with Crippen molar-refractivity contribution in [2.75, 3.05) is 13.7 Å². The number of benzene rings is 2. The Kier molecular flexibility index (Phi) is 4.30. The van der Waals surface area contributed by atoms with Crippen LogP contribution >= 0.6 is 0 Å². The summed E-state index contributed by atoms with van der Waals surface area (Å²) in [5.41, 5.74) is 0.528. The second kappa shape index (κ2) is 6.16. The molecule has 0 saturated heterocycles. The zero-order chi connectivity index (χ0) is 18.2. The third-order valence-corrected chi connectivity index (χ3v) is 5.92. The molecule has 1 aliphatic heterocycles. The number of sulfonamides is 1. The van der Waals surface area contributed by atoms with Gasteiger partial charge in [0.15, 0.2) is 0 Å². The molecule has 0 radical (unpaired) electrons. The van der Waals surface area contributed by atoms with Gasteiger partial charge in [-0.2, -0.15) is 4.72 Å². The Labute approximate surface area is 146 Å². The van der Waals surface area contributed by atoms with Gasteiger partial charge in [0, 0.05) is 0 Å². The number of fused-ring (bicyclic) bond motifs is 1. The van der Waals surface area contributed by atoms with E-state index < -0.39 is 21.5 Å². The highest BCUT2D eigenvalue weighted by molar-refractivity contribution is 7.89. The van der Waals surface area contributed by atoms with E-state index in [4.69, 9.17) is 9.47 Å². The molecule has 1 N–H and O–H groups in total. The van der Waals surface area contributed by atoms with Crippen LogP contribution in [0.4, 0.5) is 0 Å². The van der Waals surface area contributed by atoms with Crippen molar-refractivity contribution < 1.29 is 22.7 Å². The second-order valence-corrected chi connectivity index (χ2v) is 7.54. The zero-order valence-electron chi connectivity index (χ0n) is 14.2. The van der Waals surface area contributed by atoms with Crippen LogP contribution in [0.2, 0.25) is 0 Å². The largest absolute Gasteiger partial charge is 0.497 e. The van der Waals surface area contributed by atoms with Crippen LogP contribution in [0.3, 0.4) is 0 Å². The summed E-state index contributed by atoms with van der Waals surface area (Å²) in [4.78, 5) is 12.2. The minimum Gasteiger partial charge on any atom is -0.497 e. The van der Waals surface area contributed by atoms with Gasteiger partial charge in [-0.25, -0.2) is 13.2 Å². The summed E-state index contributed by atoms with van der Waals surface area (Å²) in [5, 5.41) is 0. The molecule has 0 saturated carbocycles.